The molecule has 1 amide bonds. The van der Waals surface area contributed by atoms with E-state index in [9.17, 15) is 18.4 Å². The van der Waals surface area contributed by atoms with Gasteiger partial charge in [-0.15, -0.1) is 0 Å². The molecule has 2 aromatic rings. The Morgan fingerprint density at radius 3 is 2.36 bits per heavy atom. The van der Waals surface area contributed by atoms with Crippen LogP contribution in [0, 0.1) is 5.92 Å². The largest absolute Gasteiger partial charge is 0.496 e. The van der Waals surface area contributed by atoms with E-state index in [2.05, 4.69) is 5.48 Å². The van der Waals surface area contributed by atoms with E-state index in [1.807, 2.05) is 51.1 Å². The molecule has 2 rings (SSSR count). The number of rotatable bonds is 14. The summed E-state index contributed by atoms with van der Waals surface area (Å²) in [5, 5.41) is 10.1. The maximum Gasteiger partial charge on any atom is 0.270 e. The highest BCUT2D eigenvalue weighted by Gasteiger charge is 2.45. The van der Waals surface area contributed by atoms with Gasteiger partial charge in [0.05, 0.1) is 12.8 Å². The molecule has 0 spiro atoms. The highest BCUT2D eigenvalue weighted by molar-refractivity contribution is 7.89. The van der Waals surface area contributed by atoms with Gasteiger partial charge >= 0.3 is 0 Å². The lowest BCUT2D eigenvalue weighted by Gasteiger charge is -2.40. The molecule has 0 saturated carbocycles. The number of carbonyl (C=O) groups excluding carboxylic acids is 1. The van der Waals surface area contributed by atoms with Gasteiger partial charge in [0.15, 0.2) is 0 Å². The molecule has 4 N–H and O–H groups in total. The summed E-state index contributed by atoms with van der Waals surface area (Å²) in [6.45, 7) is 7.64. The van der Waals surface area contributed by atoms with Crippen LogP contribution in [0.2, 0.25) is 0 Å². The lowest BCUT2D eigenvalue weighted by Crippen LogP contribution is -2.61. The van der Waals surface area contributed by atoms with Gasteiger partial charge in [0, 0.05) is 18.4 Å². The molecule has 0 aliphatic heterocycles. The first-order chi connectivity index (χ1) is 17.1. The van der Waals surface area contributed by atoms with Gasteiger partial charge in [-0.25, -0.2) is 12.7 Å². The third kappa shape index (κ3) is 6.57. The summed E-state index contributed by atoms with van der Waals surface area (Å²) in [4.78, 5) is 13.5. The predicted octanol–water partition coefficient (Wildman–Crippen LogP) is 5.10. The second kappa shape index (κ2) is 13.1. The van der Waals surface area contributed by atoms with Crippen LogP contribution in [0.5, 0.6) is 5.75 Å². The van der Waals surface area contributed by atoms with Crippen molar-refractivity contribution < 1.29 is 23.2 Å². The van der Waals surface area contributed by atoms with Crippen molar-refractivity contribution in [3.8, 4) is 5.75 Å². The second-order valence-electron chi connectivity index (χ2n) is 9.34. The topological polar surface area (TPSA) is 122 Å². The fraction of sp³-hybridized carbons (Fsp3) is 0.519. The number of nitrogens with one attached hydrogen (secondary N) is 1. The number of hydrogen-bond donors (Lipinski definition) is 3. The number of ether oxygens (including phenoxy) is 1. The smallest absolute Gasteiger partial charge is 0.270 e. The number of hydrogen-bond acceptors (Lipinski definition) is 7. The van der Waals surface area contributed by atoms with Crippen molar-refractivity contribution in [1.82, 2.24) is 4.31 Å². The molecule has 0 bridgehead atoms. The summed E-state index contributed by atoms with van der Waals surface area (Å²) in [6, 6.07) is 12.2. The monoisotopic (exact) mass is 519 g/mol. The normalized spacial score (nSPS) is 14.1. The number of unbranched alkanes of at least 4 members (excludes halogenated alkanes) is 1. The van der Waals surface area contributed by atoms with Crippen LogP contribution in [0.3, 0.4) is 0 Å². The maximum absolute atomic E-state index is 14.3. The van der Waals surface area contributed by atoms with E-state index in [0.29, 0.717) is 17.7 Å². The number of methoxy groups -OCH3 is 1. The molecule has 0 heterocycles. The van der Waals surface area contributed by atoms with Gasteiger partial charge in [0.2, 0.25) is 5.91 Å². The molecule has 200 valence electrons. The number of amides is 1. The Morgan fingerprint density at radius 1 is 1.17 bits per heavy atom. The van der Waals surface area contributed by atoms with E-state index in [-0.39, 0.29) is 35.8 Å². The summed E-state index contributed by atoms with van der Waals surface area (Å²) in [5.41, 5.74) is 8.71. The molecule has 0 aromatic heterocycles. The van der Waals surface area contributed by atoms with Crippen LogP contribution in [0.4, 0.5) is 5.69 Å². The van der Waals surface area contributed by atoms with Gasteiger partial charge in [-0.05, 0) is 42.9 Å². The first-order valence-corrected chi connectivity index (χ1v) is 14.0. The molecule has 0 fully saturated rings. The van der Waals surface area contributed by atoms with E-state index in [4.69, 9.17) is 10.5 Å². The quantitative estimate of drug-likeness (QED) is 0.234. The van der Waals surface area contributed by atoms with Crippen LogP contribution >= 0.6 is 0 Å². The summed E-state index contributed by atoms with van der Waals surface area (Å²) < 4.78 is 34.9. The molecule has 9 heteroatoms. The van der Waals surface area contributed by atoms with E-state index in [1.165, 1.54) is 13.2 Å². The average molecular weight is 520 g/mol. The Kier molecular flexibility index (Phi) is 10.8. The lowest BCUT2D eigenvalue weighted by molar-refractivity contribution is -0.131. The minimum Gasteiger partial charge on any atom is -0.496 e. The molecule has 2 aromatic carbocycles. The van der Waals surface area contributed by atoms with Crippen molar-refractivity contribution in [1.29, 1.82) is 0 Å². The van der Waals surface area contributed by atoms with Crippen molar-refractivity contribution in [2.24, 2.45) is 11.7 Å². The van der Waals surface area contributed by atoms with Gasteiger partial charge < -0.3 is 10.5 Å². The second-order valence-corrected chi connectivity index (χ2v) is 11.1. The molecule has 0 unspecified atom stereocenters. The molecule has 0 aliphatic carbocycles. The van der Waals surface area contributed by atoms with E-state index >= 15 is 0 Å². The summed E-state index contributed by atoms with van der Waals surface area (Å²) in [5.74, 6) is -0.144. The van der Waals surface area contributed by atoms with E-state index in [0.717, 1.165) is 29.1 Å². The van der Waals surface area contributed by atoms with Gasteiger partial charge in [0.25, 0.3) is 10.0 Å². The Hall–Kier alpha value is -2.62. The van der Waals surface area contributed by atoms with Crippen molar-refractivity contribution in [2.75, 3.05) is 12.6 Å². The zero-order valence-corrected chi connectivity index (χ0v) is 22.9. The van der Waals surface area contributed by atoms with Crippen molar-refractivity contribution in [2.45, 2.75) is 83.2 Å². The van der Waals surface area contributed by atoms with E-state index < -0.39 is 21.6 Å². The number of nitrogens with zero attached hydrogens (tertiary/aromatic N) is 1. The van der Waals surface area contributed by atoms with Gasteiger partial charge in [-0.1, -0.05) is 70.9 Å². The van der Waals surface area contributed by atoms with Crippen LogP contribution in [-0.2, 0) is 27.7 Å². The van der Waals surface area contributed by atoms with Crippen LogP contribution < -0.4 is 16.0 Å². The third-order valence-corrected chi connectivity index (χ3v) is 8.62. The SMILES string of the molecule is CCCCc1c(OC)ccc(S(=O)(=O)N(C(=O)C[C@@H](C)CC)[C@@](N)(CC)Cc2ccccc2)c1NO. The zero-order valence-electron chi connectivity index (χ0n) is 22.1. The van der Waals surface area contributed by atoms with Gasteiger partial charge in [-0.3, -0.25) is 15.5 Å². The molecule has 8 nitrogen and oxygen atoms in total. The van der Waals surface area contributed by atoms with Crippen molar-refractivity contribution >= 4 is 21.6 Å². The predicted molar refractivity (Wildman–Crippen MR) is 142 cm³/mol. The lowest BCUT2D eigenvalue weighted by atomic mass is 9.96. The number of carbonyl (C=O) groups is 1. The molecule has 0 saturated heterocycles. The van der Waals surface area contributed by atoms with Crippen molar-refractivity contribution in [3.05, 3.63) is 53.6 Å². The van der Waals surface area contributed by atoms with Crippen LogP contribution in [0.25, 0.3) is 0 Å². The van der Waals surface area contributed by atoms with Gasteiger partial charge in [-0.2, -0.15) is 0 Å². The summed E-state index contributed by atoms with van der Waals surface area (Å²) in [6.07, 6.45) is 3.21. The van der Waals surface area contributed by atoms with Crippen LogP contribution in [-0.4, -0.2) is 36.6 Å². The molecule has 0 aliphatic rings. The molecule has 36 heavy (non-hydrogen) atoms. The number of anilines is 1. The molecule has 2 atom stereocenters. The highest BCUT2D eigenvalue weighted by atomic mass is 32.2. The molecule has 0 radical (unpaired) electrons. The van der Waals surface area contributed by atoms with Crippen LogP contribution in [0.15, 0.2) is 47.4 Å². The van der Waals surface area contributed by atoms with E-state index in [1.54, 1.807) is 13.0 Å². The number of sulfonamides is 1. The fourth-order valence-electron chi connectivity index (χ4n) is 4.27. The number of nitrogens with two attached hydrogens (primary N) is 1. The standard InChI is InChI=1S/C27H41N3O5S/c1-6-9-15-22-23(35-5)16-17-24(26(22)29-32)36(33,34)30(25(31)18-20(4)7-2)27(28,8-3)19-21-13-11-10-12-14-21/h10-14,16-17,20,29,32H,6-9,15,18-19,28H2,1-5H3/t20-,27-/m0/s1. The Bertz CT molecular complexity index is 1110. The Balaban J connectivity index is 2.75. The molecular formula is C27H41N3O5S. The highest BCUT2D eigenvalue weighted by Crippen LogP contribution is 2.38. The first-order valence-electron chi connectivity index (χ1n) is 12.6. The third-order valence-electron chi connectivity index (χ3n) is 6.68. The maximum atomic E-state index is 14.3. The molecular weight excluding hydrogens is 478 g/mol. The summed E-state index contributed by atoms with van der Waals surface area (Å²) in [7, 11) is -2.99. The minimum absolute atomic E-state index is 0.00213. The minimum atomic E-state index is -4.48. The van der Waals surface area contributed by atoms with Crippen LogP contribution in [0.1, 0.15) is 70.9 Å². The summed E-state index contributed by atoms with van der Waals surface area (Å²) >= 11 is 0. The number of benzene rings is 2. The average Bonchev–Trinajstić information content (AvgIpc) is 2.86. The first kappa shape index (κ1) is 29.6. The Morgan fingerprint density at radius 2 is 1.83 bits per heavy atom. The Labute approximate surface area is 215 Å². The fourth-order valence-corrected chi connectivity index (χ4v) is 6.15. The zero-order chi connectivity index (χ0) is 26.9. The van der Waals surface area contributed by atoms with Gasteiger partial charge in [0.1, 0.15) is 16.3 Å². The van der Waals surface area contributed by atoms with Crippen molar-refractivity contribution in [3.63, 3.8) is 0 Å².